The lowest BCUT2D eigenvalue weighted by atomic mass is 9.89. The molecule has 98 valence electrons. The number of hydrogen-bond donors (Lipinski definition) is 2. The van der Waals surface area contributed by atoms with Gasteiger partial charge in [0.2, 0.25) is 5.91 Å². The van der Waals surface area contributed by atoms with Crippen molar-refractivity contribution in [3.63, 3.8) is 0 Å². The van der Waals surface area contributed by atoms with Gasteiger partial charge in [-0.25, -0.2) is 0 Å². The second-order valence-electron chi connectivity index (χ2n) is 4.25. The van der Waals surface area contributed by atoms with Gasteiger partial charge in [-0.2, -0.15) is 0 Å². The summed E-state index contributed by atoms with van der Waals surface area (Å²) >= 11 is 13.2. The van der Waals surface area contributed by atoms with Gasteiger partial charge in [0.15, 0.2) is 0 Å². The molecule has 18 heavy (non-hydrogen) atoms. The Balaban J connectivity index is 1.80. The number of benzene rings is 1. The van der Waals surface area contributed by atoms with Crippen LogP contribution in [0.3, 0.4) is 0 Å². The van der Waals surface area contributed by atoms with E-state index in [0.29, 0.717) is 28.6 Å². The molecule has 0 aromatic heterocycles. The maximum absolute atomic E-state index is 11.6. The molecule has 0 saturated heterocycles. The molecule has 1 aliphatic rings. The summed E-state index contributed by atoms with van der Waals surface area (Å²) in [5.74, 6) is 0.250. The van der Waals surface area contributed by atoms with E-state index in [2.05, 4.69) is 5.32 Å². The first-order chi connectivity index (χ1) is 8.54. The van der Waals surface area contributed by atoms with Crippen LogP contribution in [0.1, 0.15) is 12.8 Å². The van der Waals surface area contributed by atoms with E-state index in [4.69, 9.17) is 28.3 Å². The Morgan fingerprint density at radius 1 is 1.44 bits per heavy atom. The Morgan fingerprint density at radius 2 is 2.17 bits per heavy atom. The molecular weight excluding hydrogens is 293 g/mol. The summed E-state index contributed by atoms with van der Waals surface area (Å²) < 4.78 is 0. The molecular formula is C12H13Cl2NO2S. The maximum Gasteiger partial charge on any atom is 0.230 e. The fourth-order valence-electron chi connectivity index (χ4n) is 1.71. The van der Waals surface area contributed by atoms with Crippen LogP contribution in [0.2, 0.25) is 10.0 Å². The highest BCUT2D eigenvalue weighted by Gasteiger charge is 2.28. The van der Waals surface area contributed by atoms with Gasteiger partial charge in [-0.1, -0.05) is 23.2 Å². The van der Waals surface area contributed by atoms with Crippen LogP contribution in [0.25, 0.3) is 0 Å². The van der Waals surface area contributed by atoms with Crippen LogP contribution in [0.15, 0.2) is 23.1 Å². The number of carbonyl (C=O) groups is 1. The molecule has 1 amide bonds. The van der Waals surface area contributed by atoms with Crippen molar-refractivity contribution in [2.24, 2.45) is 0 Å². The van der Waals surface area contributed by atoms with Gasteiger partial charge in [0.1, 0.15) is 0 Å². The van der Waals surface area contributed by atoms with Gasteiger partial charge in [-0.15, -0.1) is 11.8 Å². The number of nitrogens with one attached hydrogen (secondary N) is 1. The molecule has 1 aliphatic carbocycles. The molecule has 2 rings (SSSR count). The zero-order valence-corrected chi connectivity index (χ0v) is 11.9. The topological polar surface area (TPSA) is 49.3 Å². The minimum Gasteiger partial charge on any atom is -0.393 e. The Labute approximate surface area is 120 Å². The van der Waals surface area contributed by atoms with E-state index in [9.17, 15) is 4.79 Å². The molecule has 0 radical (unpaired) electrons. The predicted molar refractivity (Wildman–Crippen MR) is 74.4 cm³/mol. The smallest absolute Gasteiger partial charge is 0.230 e. The molecule has 0 heterocycles. The largest absolute Gasteiger partial charge is 0.393 e. The lowest BCUT2D eigenvalue weighted by molar-refractivity contribution is -0.120. The molecule has 0 spiro atoms. The number of carbonyl (C=O) groups excluding carboxylic acids is 1. The minimum absolute atomic E-state index is 0.0482. The van der Waals surface area contributed by atoms with E-state index >= 15 is 0 Å². The number of aliphatic hydroxyl groups is 1. The Morgan fingerprint density at radius 3 is 2.83 bits per heavy atom. The van der Waals surface area contributed by atoms with Crippen molar-refractivity contribution in [3.05, 3.63) is 28.2 Å². The maximum atomic E-state index is 11.6. The van der Waals surface area contributed by atoms with Crippen LogP contribution in [-0.4, -0.2) is 28.9 Å². The van der Waals surface area contributed by atoms with Crippen molar-refractivity contribution in [1.29, 1.82) is 0 Å². The number of hydrogen-bond acceptors (Lipinski definition) is 3. The fourth-order valence-corrected chi connectivity index (χ4v) is 3.01. The first kappa shape index (κ1) is 14.0. The molecule has 0 atom stereocenters. The van der Waals surface area contributed by atoms with Crippen LogP contribution in [-0.2, 0) is 4.79 Å². The Hall–Kier alpha value is -0.420. The Kier molecular flexibility index (Phi) is 4.78. The van der Waals surface area contributed by atoms with Gasteiger partial charge in [0, 0.05) is 16.0 Å². The summed E-state index contributed by atoms with van der Waals surface area (Å²) in [5, 5.41) is 13.2. The van der Waals surface area contributed by atoms with E-state index in [1.165, 1.54) is 11.8 Å². The zero-order chi connectivity index (χ0) is 13.1. The SMILES string of the molecule is O=C(CSc1cc(Cl)ccc1Cl)NC1CC(O)C1. The third-order valence-corrected chi connectivity index (χ3v) is 4.46. The molecule has 3 nitrogen and oxygen atoms in total. The number of thioether (sulfide) groups is 1. The lowest BCUT2D eigenvalue weighted by Gasteiger charge is -2.31. The molecule has 1 aromatic rings. The number of halogens is 2. The highest BCUT2D eigenvalue weighted by atomic mass is 35.5. The lowest BCUT2D eigenvalue weighted by Crippen LogP contribution is -2.47. The van der Waals surface area contributed by atoms with Gasteiger partial charge in [-0.05, 0) is 31.0 Å². The van der Waals surface area contributed by atoms with Crippen molar-refractivity contribution in [1.82, 2.24) is 5.32 Å². The van der Waals surface area contributed by atoms with Crippen molar-refractivity contribution < 1.29 is 9.90 Å². The summed E-state index contributed by atoms with van der Waals surface area (Å²) in [4.78, 5) is 12.4. The van der Waals surface area contributed by atoms with Gasteiger partial charge in [0.05, 0.1) is 16.9 Å². The number of rotatable bonds is 4. The standard InChI is InChI=1S/C12H13Cl2NO2S/c13-7-1-2-10(14)11(3-7)18-6-12(17)15-8-4-9(16)5-8/h1-3,8-9,16H,4-6H2,(H,15,17). The van der Waals surface area contributed by atoms with E-state index in [0.717, 1.165) is 4.90 Å². The van der Waals surface area contributed by atoms with Crippen molar-refractivity contribution in [2.45, 2.75) is 29.9 Å². The second-order valence-corrected chi connectivity index (χ2v) is 6.11. The van der Waals surface area contributed by atoms with E-state index in [1.54, 1.807) is 18.2 Å². The molecule has 0 unspecified atom stereocenters. The van der Waals surface area contributed by atoms with Crippen LogP contribution in [0.4, 0.5) is 0 Å². The summed E-state index contributed by atoms with van der Waals surface area (Å²) in [6.07, 6.45) is 1.04. The predicted octanol–water partition coefficient (Wildman–Crippen LogP) is 2.73. The third-order valence-electron chi connectivity index (χ3n) is 2.73. The monoisotopic (exact) mass is 305 g/mol. The normalized spacial score (nSPS) is 22.4. The first-order valence-electron chi connectivity index (χ1n) is 5.60. The first-order valence-corrected chi connectivity index (χ1v) is 7.34. The van der Waals surface area contributed by atoms with E-state index in [1.807, 2.05) is 0 Å². The van der Waals surface area contributed by atoms with E-state index < -0.39 is 0 Å². The molecule has 0 aliphatic heterocycles. The van der Waals surface area contributed by atoms with Gasteiger partial charge >= 0.3 is 0 Å². The molecule has 0 bridgehead atoms. The van der Waals surface area contributed by atoms with Crippen molar-refractivity contribution in [2.75, 3.05) is 5.75 Å². The Bertz CT molecular complexity index is 450. The highest BCUT2D eigenvalue weighted by Crippen LogP contribution is 2.29. The molecule has 1 fully saturated rings. The van der Waals surface area contributed by atoms with Crippen LogP contribution in [0.5, 0.6) is 0 Å². The van der Waals surface area contributed by atoms with Gasteiger partial charge < -0.3 is 10.4 Å². The summed E-state index contributed by atoms with van der Waals surface area (Å²) in [5.41, 5.74) is 0. The average molecular weight is 306 g/mol. The molecule has 1 aromatic carbocycles. The average Bonchev–Trinajstić information content (AvgIpc) is 2.28. The second kappa shape index (κ2) is 6.15. The third kappa shape index (κ3) is 3.79. The molecule has 1 saturated carbocycles. The fraction of sp³-hybridized carbons (Fsp3) is 0.417. The summed E-state index contributed by atoms with van der Waals surface area (Å²) in [6.45, 7) is 0. The molecule has 2 N–H and O–H groups in total. The quantitative estimate of drug-likeness (QED) is 0.841. The van der Waals surface area contributed by atoms with E-state index in [-0.39, 0.29) is 18.1 Å². The molecule has 6 heteroatoms. The minimum atomic E-state index is -0.259. The zero-order valence-electron chi connectivity index (χ0n) is 9.53. The van der Waals surface area contributed by atoms with Crippen molar-refractivity contribution >= 4 is 40.9 Å². The summed E-state index contributed by atoms with van der Waals surface area (Å²) in [6, 6.07) is 5.29. The van der Waals surface area contributed by atoms with Gasteiger partial charge in [-0.3, -0.25) is 4.79 Å². The van der Waals surface area contributed by atoms with Crippen LogP contribution >= 0.6 is 35.0 Å². The highest BCUT2D eigenvalue weighted by molar-refractivity contribution is 8.00. The van der Waals surface area contributed by atoms with Crippen molar-refractivity contribution in [3.8, 4) is 0 Å². The number of amides is 1. The van der Waals surface area contributed by atoms with Crippen LogP contribution < -0.4 is 5.32 Å². The number of aliphatic hydroxyl groups excluding tert-OH is 1. The van der Waals surface area contributed by atoms with Crippen LogP contribution in [0, 0.1) is 0 Å². The van der Waals surface area contributed by atoms with Gasteiger partial charge in [0.25, 0.3) is 0 Å². The summed E-state index contributed by atoms with van der Waals surface area (Å²) in [7, 11) is 0.